The van der Waals surface area contributed by atoms with Crippen molar-refractivity contribution >= 4 is 9.84 Å². The monoisotopic (exact) mass is 241 g/mol. The fourth-order valence-electron chi connectivity index (χ4n) is 1.57. The van der Waals surface area contributed by atoms with E-state index in [1.807, 2.05) is 37.3 Å². The maximum atomic E-state index is 11.1. The van der Waals surface area contributed by atoms with Crippen LogP contribution in [0.1, 0.15) is 18.9 Å². The largest absolute Gasteiger partial charge is 0.325 e. The summed E-state index contributed by atoms with van der Waals surface area (Å²) in [5.41, 5.74) is 6.76. The van der Waals surface area contributed by atoms with E-state index in [0.717, 1.165) is 5.56 Å². The first kappa shape index (κ1) is 13.2. The number of nitrogens with two attached hydrogens (primary N) is 1. The Morgan fingerprint density at radius 2 is 1.81 bits per heavy atom. The van der Waals surface area contributed by atoms with Crippen molar-refractivity contribution in [3.63, 3.8) is 0 Å². The zero-order valence-corrected chi connectivity index (χ0v) is 10.6. The normalized spacial score (nSPS) is 15.7. The van der Waals surface area contributed by atoms with Gasteiger partial charge in [0, 0.05) is 11.8 Å². The summed E-state index contributed by atoms with van der Waals surface area (Å²) in [4.78, 5) is 0. The van der Waals surface area contributed by atoms with Gasteiger partial charge in [-0.2, -0.15) is 0 Å². The molecule has 16 heavy (non-hydrogen) atoms. The van der Waals surface area contributed by atoms with E-state index < -0.39 is 15.4 Å². The molecule has 1 atom stereocenters. The van der Waals surface area contributed by atoms with E-state index in [9.17, 15) is 8.42 Å². The third-order valence-corrected chi connectivity index (χ3v) is 3.44. The molecule has 3 nitrogen and oxygen atoms in total. The molecule has 0 saturated heterocycles. The summed E-state index contributed by atoms with van der Waals surface area (Å²) in [6.45, 7) is 1.89. The van der Waals surface area contributed by atoms with Crippen molar-refractivity contribution in [3.8, 4) is 0 Å². The second-order valence-electron chi connectivity index (χ2n) is 4.70. The van der Waals surface area contributed by atoms with Gasteiger partial charge in [0.15, 0.2) is 0 Å². The molecule has 90 valence electrons. The van der Waals surface area contributed by atoms with E-state index >= 15 is 0 Å². The molecular weight excluding hydrogens is 222 g/mol. The lowest BCUT2D eigenvalue weighted by atomic mass is 9.91. The highest BCUT2D eigenvalue weighted by molar-refractivity contribution is 7.90. The van der Waals surface area contributed by atoms with Crippen molar-refractivity contribution in [3.05, 3.63) is 35.9 Å². The van der Waals surface area contributed by atoms with Crippen molar-refractivity contribution in [2.24, 2.45) is 5.73 Å². The highest BCUT2D eigenvalue weighted by Crippen LogP contribution is 2.14. The van der Waals surface area contributed by atoms with Crippen LogP contribution < -0.4 is 5.73 Å². The summed E-state index contributed by atoms with van der Waals surface area (Å²) in [6, 6.07) is 9.88. The van der Waals surface area contributed by atoms with Crippen LogP contribution >= 0.6 is 0 Å². The van der Waals surface area contributed by atoms with E-state index in [-0.39, 0.29) is 5.75 Å². The second-order valence-corrected chi connectivity index (χ2v) is 6.96. The summed E-state index contributed by atoms with van der Waals surface area (Å²) < 4.78 is 22.1. The Morgan fingerprint density at radius 1 is 1.25 bits per heavy atom. The Kier molecular flexibility index (Phi) is 4.10. The van der Waals surface area contributed by atoms with Crippen LogP contribution in [0.2, 0.25) is 0 Å². The molecule has 0 spiro atoms. The van der Waals surface area contributed by atoms with Crippen molar-refractivity contribution in [2.45, 2.75) is 25.3 Å². The minimum absolute atomic E-state index is 0.146. The molecule has 0 heterocycles. The van der Waals surface area contributed by atoms with Crippen molar-refractivity contribution in [1.82, 2.24) is 0 Å². The number of hydrogen-bond donors (Lipinski definition) is 1. The van der Waals surface area contributed by atoms with E-state index in [2.05, 4.69) is 0 Å². The molecular formula is C12H19NO2S. The molecule has 0 fully saturated rings. The molecule has 0 aliphatic heterocycles. The van der Waals surface area contributed by atoms with Gasteiger partial charge in [0.25, 0.3) is 0 Å². The standard InChI is InChI=1S/C12H19NO2S/c1-12(13,8-9-16(2,14)15)10-11-6-4-3-5-7-11/h3-7H,8-10,13H2,1-2H3. The van der Waals surface area contributed by atoms with Gasteiger partial charge in [0.2, 0.25) is 0 Å². The van der Waals surface area contributed by atoms with Gasteiger partial charge in [-0.05, 0) is 25.3 Å². The third kappa shape index (κ3) is 5.28. The van der Waals surface area contributed by atoms with Crippen LogP contribution in [-0.2, 0) is 16.3 Å². The Morgan fingerprint density at radius 3 is 2.31 bits per heavy atom. The average Bonchev–Trinajstić information content (AvgIpc) is 2.15. The van der Waals surface area contributed by atoms with Gasteiger partial charge >= 0.3 is 0 Å². The van der Waals surface area contributed by atoms with E-state index in [1.54, 1.807) is 0 Å². The fourth-order valence-corrected chi connectivity index (χ4v) is 2.41. The summed E-state index contributed by atoms with van der Waals surface area (Å²) in [5, 5.41) is 0. The topological polar surface area (TPSA) is 60.2 Å². The van der Waals surface area contributed by atoms with Crippen molar-refractivity contribution < 1.29 is 8.42 Å². The van der Waals surface area contributed by atoms with Gasteiger partial charge in [0.05, 0.1) is 5.75 Å². The molecule has 1 aromatic carbocycles. The lowest BCUT2D eigenvalue weighted by Gasteiger charge is -2.24. The summed E-state index contributed by atoms with van der Waals surface area (Å²) in [6.07, 6.45) is 2.43. The van der Waals surface area contributed by atoms with Crippen LogP contribution in [0.15, 0.2) is 30.3 Å². The van der Waals surface area contributed by atoms with Crippen LogP contribution in [0, 0.1) is 0 Å². The first-order valence-corrected chi connectivity index (χ1v) is 7.35. The maximum absolute atomic E-state index is 11.1. The molecule has 1 rings (SSSR count). The highest BCUT2D eigenvalue weighted by Gasteiger charge is 2.20. The first-order chi connectivity index (χ1) is 7.29. The predicted molar refractivity (Wildman–Crippen MR) is 67.1 cm³/mol. The smallest absolute Gasteiger partial charge is 0.147 e. The summed E-state index contributed by atoms with van der Waals surface area (Å²) in [7, 11) is -2.93. The van der Waals surface area contributed by atoms with Crippen molar-refractivity contribution in [1.29, 1.82) is 0 Å². The number of benzene rings is 1. The minimum Gasteiger partial charge on any atom is -0.325 e. The Balaban J connectivity index is 2.59. The number of sulfone groups is 1. The van der Waals surface area contributed by atoms with Gasteiger partial charge < -0.3 is 5.73 Å². The molecule has 2 N–H and O–H groups in total. The van der Waals surface area contributed by atoms with E-state index in [4.69, 9.17) is 5.73 Å². The highest BCUT2D eigenvalue weighted by atomic mass is 32.2. The molecule has 0 aliphatic carbocycles. The number of rotatable bonds is 5. The SMILES string of the molecule is CC(N)(CCS(C)(=O)=O)Cc1ccccc1. The Bertz CT molecular complexity index is 424. The molecule has 4 heteroatoms. The fraction of sp³-hybridized carbons (Fsp3) is 0.500. The molecule has 0 aliphatic rings. The summed E-state index contributed by atoms with van der Waals surface area (Å²) >= 11 is 0. The Hall–Kier alpha value is -0.870. The second kappa shape index (κ2) is 4.97. The lowest BCUT2D eigenvalue weighted by Crippen LogP contribution is -2.40. The van der Waals surface area contributed by atoms with Crippen LogP contribution in [0.25, 0.3) is 0 Å². The summed E-state index contributed by atoms with van der Waals surface area (Å²) in [5.74, 6) is 0.146. The quantitative estimate of drug-likeness (QED) is 0.847. The van der Waals surface area contributed by atoms with Gasteiger partial charge in [-0.15, -0.1) is 0 Å². The molecule has 0 bridgehead atoms. The lowest BCUT2D eigenvalue weighted by molar-refractivity contribution is 0.448. The van der Waals surface area contributed by atoms with Gasteiger partial charge in [0.1, 0.15) is 9.84 Å². The predicted octanol–water partition coefficient (Wildman–Crippen LogP) is 1.38. The number of hydrogen-bond acceptors (Lipinski definition) is 3. The molecule has 0 amide bonds. The van der Waals surface area contributed by atoms with Crippen LogP contribution in [-0.4, -0.2) is 26.0 Å². The Labute approximate surface area is 97.6 Å². The average molecular weight is 241 g/mol. The zero-order chi connectivity index (χ0) is 12.2. The van der Waals surface area contributed by atoms with Crippen molar-refractivity contribution in [2.75, 3.05) is 12.0 Å². The molecule has 1 unspecified atom stereocenters. The zero-order valence-electron chi connectivity index (χ0n) is 9.81. The molecule has 0 radical (unpaired) electrons. The van der Waals surface area contributed by atoms with Crippen LogP contribution in [0.3, 0.4) is 0 Å². The van der Waals surface area contributed by atoms with Gasteiger partial charge in [-0.3, -0.25) is 0 Å². The van der Waals surface area contributed by atoms with E-state index in [0.29, 0.717) is 12.8 Å². The molecule has 0 saturated carbocycles. The van der Waals surface area contributed by atoms with Gasteiger partial charge in [-0.25, -0.2) is 8.42 Å². The van der Waals surface area contributed by atoms with E-state index in [1.165, 1.54) is 6.26 Å². The van der Waals surface area contributed by atoms with Crippen LogP contribution in [0.4, 0.5) is 0 Å². The third-order valence-electron chi connectivity index (χ3n) is 2.49. The minimum atomic E-state index is -2.93. The first-order valence-electron chi connectivity index (χ1n) is 5.29. The molecule has 1 aromatic rings. The maximum Gasteiger partial charge on any atom is 0.147 e. The van der Waals surface area contributed by atoms with Gasteiger partial charge in [-0.1, -0.05) is 30.3 Å². The van der Waals surface area contributed by atoms with Crippen LogP contribution in [0.5, 0.6) is 0 Å². The molecule has 0 aromatic heterocycles.